The second-order valence-corrected chi connectivity index (χ2v) is 9.04. The molecule has 0 bridgehead atoms. The van der Waals surface area contributed by atoms with E-state index in [4.69, 9.17) is 26.1 Å². The Bertz CT molecular complexity index is 1040. The van der Waals surface area contributed by atoms with E-state index in [0.29, 0.717) is 28.9 Å². The standard InChI is InChI=1S/C21H20BrClN2O3S/c1-2-27-17-6-3-7-18-19(17)24-21(29-18)25(12-14-5-4-10-28-14)20(26)15-11-13(22)8-9-16(15)23/h3,6-9,11,14H,2,4-5,10,12H2,1H3. The van der Waals surface area contributed by atoms with Crippen LogP contribution in [0.1, 0.15) is 30.1 Å². The minimum absolute atomic E-state index is 0.0109. The third-order valence-corrected chi connectivity index (χ3v) is 6.58. The molecule has 0 radical (unpaired) electrons. The van der Waals surface area contributed by atoms with Crippen LogP contribution in [-0.2, 0) is 4.74 Å². The molecule has 5 nitrogen and oxygen atoms in total. The molecule has 1 saturated heterocycles. The minimum atomic E-state index is -0.191. The normalized spacial score (nSPS) is 16.3. The number of nitrogens with zero attached hydrogens (tertiary/aromatic N) is 2. The smallest absolute Gasteiger partial charge is 0.261 e. The predicted octanol–water partition coefficient (Wildman–Crippen LogP) is 5.94. The molecule has 8 heteroatoms. The van der Waals surface area contributed by atoms with Gasteiger partial charge in [0.2, 0.25) is 0 Å². The zero-order chi connectivity index (χ0) is 20.4. The lowest BCUT2D eigenvalue weighted by molar-refractivity contribution is 0.0917. The van der Waals surface area contributed by atoms with Crippen LogP contribution in [0.3, 0.4) is 0 Å². The number of ether oxygens (including phenoxy) is 2. The fourth-order valence-corrected chi connectivity index (χ4v) is 4.90. The van der Waals surface area contributed by atoms with E-state index in [-0.39, 0.29) is 12.0 Å². The van der Waals surface area contributed by atoms with Gasteiger partial charge >= 0.3 is 0 Å². The maximum absolute atomic E-state index is 13.5. The lowest BCUT2D eigenvalue weighted by Crippen LogP contribution is -2.37. The summed E-state index contributed by atoms with van der Waals surface area (Å²) in [6.45, 7) is 3.65. The molecule has 29 heavy (non-hydrogen) atoms. The first-order chi connectivity index (χ1) is 14.1. The summed E-state index contributed by atoms with van der Waals surface area (Å²) in [6.07, 6.45) is 1.91. The quantitative estimate of drug-likeness (QED) is 0.425. The Morgan fingerprint density at radius 2 is 2.28 bits per heavy atom. The Labute approximate surface area is 186 Å². The first-order valence-electron chi connectivity index (χ1n) is 9.47. The van der Waals surface area contributed by atoms with Crippen LogP contribution < -0.4 is 9.64 Å². The van der Waals surface area contributed by atoms with Gasteiger partial charge in [0.1, 0.15) is 11.3 Å². The van der Waals surface area contributed by atoms with E-state index < -0.39 is 0 Å². The first kappa shape index (κ1) is 20.6. The number of para-hydroxylation sites is 1. The van der Waals surface area contributed by atoms with Crippen LogP contribution in [0, 0.1) is 0 Å². The number of benzene rings is 2. The van der Waals surface area contributed by atoms with Gasteiger partial charge in [0, 0.05) is 11.1 Å². The largest absolute Gasteiger partial charge is 0.492 e. The van der Waals surface area contributed by atoms with Crippen molar-refractivity contribution < 1.29 is 14.3 Å². The number of carbonyl (C=O) groups excluding carboxylic acids is 1. The number of rotatable bonds is 6. The predicted molar refractivity (Wildman–Crippen MR) is 121 cm³/mol. The molecular weight excluding hydrogens is 476 g/mol. The summed E-state index contributed by atoms with van der Waals surface area (Å²) in [6, 6.07) is 11.1. The van der Waals surface area contributed by atoms with Crippen molar-refractivity contribution in [3.63, 3.8) is 0 Å². The highest BCUT2D eigenvalue weighted by atomic mass is 79.9. The highest BCUT2D eigenvalue weighted by Gasteiger charge is 2.28. The Morgan fingerprint density at radius 1 is 1.41 bits per heavy atom. The Morgan fingerprint density at radius 3 is 3.03 bits per heavy atom. The average molecular weight is 496 g/mol. The molecule has 1 aromatic heterocycles. The second-order valence-electron chi connectivity index (χ2n) is 6.71. The Balaban J connectivity index is 1.76. The number of hydrogen-bond donors (Lipinski definition) is 0. The van der Waals surface area contributed by atoms with E-state index in [2.05, 4.69) is 15.9 Å². The number of aromatic nitrogens is 1. The molecule has 1 fully saturated rings. The van der Waals surface area contributed by atoms with Gasteiger partial charge in [-0.1, -0.05) is 44.9 Å². The third-order valence-electron chi connectivity index (χ3n) is 4.72. The summed E-state index contributed by atoms with van der Waals surface area (Å²) in [5, 5.41) is 1.02. The highest BCUT2D eigenvalue weighted by molar-refractivity contribution is 9.10. The van der Waals surface area contributed by atoms with Gasteiger partial charge in [0.05, 0.1) is 34.5 Å². The second kappa shape index (κ2) is 9.00. The molecule has 1 aliphatic heterocycles. The van der Waals surface area contributed by atoms with Crippen LogP contribution in [0.15, 0.2) is 40.9 Å². The van der Waals surface area contributed by atoms with Crippen molar-refractivity contribution in [3.8, 4) is 5.75 Å². The molecule has 3 aromatic rings. The van der Waals surface area contributed by atoms with Crippen LogP contribution in [0.4, 0.5) is 5.13 Å². The summed E-state index contributed by atoms with van der Waals surface area (Å²) < 4.78 is 13.3. The molecule has 0 saturated carbocycles. The number of fused-ring (bicyclic) bond motifs is 1. The van der Waals surface area contributed by atoms with Crippen molar-refractivity contribution in [2.45, 2.75) is 25.9 Å². The number of amides is 1. The molecule has 0 aliphatic carbocycles. The zero-order valence-electron chi connectivity index (χ0n) is 15.9. The van der Waals surface area contributed by atoms with Gasteiger partial charge in [-0.3, -0.25) is 9.69 Å². The Kier molecular flexibility index (Phi) is 6.39. The maximum atomic E-state index is 13.5. The molecule has 0 spiro atoms. The van der Waals surface area contributed by atoms with Crippen LogP contribution >= 0.6 is 38.9 Å². The number of anilines is 1. The van der Waals surface area contributed by atoms with Gasteiger partial charge in [-0.15, -0.1) is 0 Å². The molecule has 1 unspecified atom stereocenters. The summed E-state index contributed by atoms with van der Waals surface area (Å²) in [5.74, 6) is 0.529. The maximum Gasteiger partial charge on any atom is 0.261 e. The zero-order valence-corrected chi connectivity index (χ0v) is 19.0. The van der Waals surface area contributed by atoms with Crippen molar-refractivity contribution >= 4 is 60.1 Å². The average Bonchev–Trinajstić information content (AvgIpc) is 3.37. The molecule has 4 rings (SSSR count). The SMILES string of the molecule is CCOc1cccc2sc(N(CC3CCCO3)C(=O)c3cc(Br)ccc3Cl)nc12. The highest BCUT2D eigenvalue weighted by Crippen LogP contribution is 2.36. The van der Waals surface area contributed by atoms with Crippen LogP contribution in [-0.4, -0.2) is 36.8 Å². The lowest BCUT2D eigenvalue weighted by atomic mass is 10.1. The van der Waals surface area contributed by atoms with E-state index in [1.807, 2.05) is 31.2 Å². The number of halogens is 2. The topological polar surface area (TPSA) is 51.7 Å². The van der Waals surface area contributed by atoms with E-state index in [1.54, 1.807) is 17.0 Å². The molecule has 1 aliphatic rings. The molecule has 1 atom stereocenters. The van der Waals surface area contributed by atoms with Gasteiger partial charge in [-0.05, 0) is 50.1 Å². The van der Waals surface area contributed by atoms with Gasteiger partial charge < -0.3 is 9.47 Å². The van der Waals surface area contributed by atoms with Crippen LogP contribution in [0.5, 0.6) is 5.75 Å². The number of hydrogen-bond acceptors (Lipinski definition) is 5. The molecule has 1 amide bonds. The third kappa shape index (κ3) is 4.43. The summed E-state index contributed by atoms with van der Waals surface area (Å²) >= 11 is 11.2. The monoisotopic (exact) mass is 494 g/mol. The van der Waals surface area contributed by atoms with Gasteiger partial charge in [-0.2, -0.15) is 0 Å². The number of thiazole rings is 1. The summed E-state index contributed by atoms with van der Waals surface area (Å²) in [7, 11) is 0. The van der Waals surface area contributed by atoms with Crippen molar-refractivity contribution in [3.05, 3.63) is 51.5 Å². The minimum Gasteiger partial charge on any atom is -0.492 e. The first-order valence-corrected chi connectivity index (χ1v) is 11.5. The summed E-state index contributed by atoms with van der Waals surface area (Å²) in [4.78, 5) is 19.9. The van der Waals surface area contributed by atoms with Crippen LogP contribution in [0.2, 0.25) is 5.02 Å². The van der Waals surface area contributed by atoms with Crippen molar-refractivity contribution in [2.24, 2.45) is 0 Å². The molecular formula is C21H20BrClN2O3S. The van der Waals surface area contributed by atoms with E-state index >= 15 is 0 Å². The number of carbonyl (C=O) groups is 1. The van der Waals surface area contributed by atoms with E-state index in [0.717, 1.165) is 39.9 Å². The van der Waals surface area contributed by atoms with Gasteiger partial charge in [0.25, 0.3) is 5.91 Å². The molecule has 152 valence electrons. The van der Waals surface area contributed by atoms with E-state index in [1.165, 1.54) is 11.3 Å². The van der Waals surface area contributed by atoms with Crippen molar-refractivity contribution in [2.75, 3.05) is 24.7 Å². The van der Waals surface area contributed by atoms with Gasteiger partial charge in [0.15, 0.2) is 5.13 Å². The van der Waals surface area contributed by atoms with Crippen LogP contribution in [0.25, 0.3) is 10.2 Å². The molecule has 2 heterocycles. The van der Waals surface area contributed by atoms with Crippen molar-refractivity contribution in [1.82, 2.24) is 4.98 Å². The fraction of sp³-hybridized carbons (Fsp3) is 0.333. The fourth-order valence-electron chi connectivity index (χ4n) is 3.35. The van der Waals surface area contributed by atoms with E-state index in [9.17, 15) is 4.79 Å². The molecule has 2 aromatic carbocycles. The summed E-state index contributed by atoms with van der Waals surface area (Å²) in [5.41, 5.74) is 1.20. The lowest BCUT2D eigenvalue weighted by Gasteiger charge is -2.23. The van der Waals surface area contributed by atoms with Gasteiger partial charge in [-0.25, -0.2) is 4.98 Å². The van der Waals surface area contributed by atoms with Crippen molar-refractivity contribution in [1.29, 1.82) is 0 Å². The molecule has 0 N–H and O–H groups in total. The Hall–Kier alpha value is -1.67.